The van der Waals surface area contributed by atoms with Gasteiger partial charge in [-0.05, 0) is 55.3 Å². The zero-order valence-corrected chi connectivity index (χ0v) is 15.6. The minimum absolute atomic E-state index is 0.0389. The molecule has 0 amide bonds. The number of nitrogens with zero attached hydrogens (tertiary/aromatic N) is 3. The van der Waals surface area contributed by atoms with E-state index in [4.69, 9.17) is 0 Å². The van der Waals surface area contributed by atoms with Gasteiger partial charge in [-0.25, -0.2) is 0 Å². The van der Waals surface area contributed by atoms with Crippen LogP contribution in [-0.4, -0.2) is 34.3 Å². The molecule has 1 saturated carbocycles. The fourth-order valence-electron chi connectivity index (χ4n) is 4.47. The molecule has 3 aromatic heterocycles. The fraction of sp³-hybridized carbons (Fsp3) is 0.421. The number of halogens is 3. The predicted molar refractivity (Wildman–Crippen MR) is 102 cm³/mol. The molecule has 5 nitrogen and oxygen atoms in total. The first-order valence-corrected chi connectivity index (χ1v) is 10.1. The summed E-state index contributed by atoms with van der Waals surface area (Å²) in [4.78, 5) is 3.88. The van der Waals surface area contributed by atoms with Crippen LogP contribution in [0.4, 0.5) is 19.0 Å². The standard InChI is InChI=1S/C19H18F3N5S/c20-19(21,22)15-1-3-23-9-14(15)16-17-13(2-4-28-17)18(27-26-16)25-12-5-10-7-24-8-11(10)6-12/h1-4,9-12,24H,5-8H2,(H,25,27)/t10-,11+,12?. The van der Waals surface area contributed by atoms with Gasteiger partial charge < -0.3 is 10.6 Å². The zero-order chi connectivity index (χ0) is 19.3. The van der Waals surface area contributed by atoms with Crippen LogP contribution in [0.25, 0.3) is 21.3 Å². The molecule has 1 saturated heterocycles. The lowest BCUT2D eigenvalue weighted by Gasteiger charge is -2.16. The topological polar surface area (TPSA) is 62.7 Å². The Labute approximate surface area is 163 Å². The summed E-state index contributed by atoms with van der Waals surface area (Å²) < 4.78 is 41.0. The summed E-state index contributed by atoms with van der Waals surface area (Å²) in [6.07, 6.45) is 0.0363. The number of rotatable bonds is 3. The molecule has 3 aromatic rings. The SMILES string of the molecule is FC(F)(F)c1ccncc1-c1nnc(NC2C[C@H]3CNC[C@H]3C2)c2ccsc12. The third-order valence-corrected chi connectivity index (χ3v) is 6.68. The molecule has 1 aliphatic heterocycles. The molecule has 2 aliphatic rings. The second-order valence-electron chi connectivity index (χ2n) is 7.47. The Morgan fingerprint density at radius 2 is 1.89 bits per heavy atom. The number of nitrogens with one attached hydrogen (secondary N) is 2. The highest BCUT2D eigenvalue weighted by molar-refractivity contribution is 7.17. The molecule has 28 heavy (non-hydrogen) atoms. The first-order valence-electron chi connectivity index (χ1n) is 9.23. The van der Waals surface area contributed by atoms with Crippen LogP contribution in [0.3, 0.4) is 0 Å². The van der Waals surface area contributed by atoms with E-state index < -0.39 is 11.7 Å². The van der Waals surface area contributed by atoms with Crippen LogP contribution < -0.4 is 10.6 Å². The maximum absolute atomic E-state index is 13.4. The van der Waals surface area contributed by atoms with Gasteiger partial charge in [0.2, 0.25) is 0 Å². The van der Waals surface area contributed by atoms with Crippen LogP contribution >= 0.6 is 11.3 Å². The molecule has 0 radical (unpaired) electrons. The van der Waals surface area contributed by atoms with Gasteiger partial charge in [-0.2, -0.15) is 13.2 Å². The monoisotopic (exact) mass is 405 g/mol. The van der Waals surface area contributed by atoms with Crippen molar-refractivity contribution in [1.82, 2.24) is 20.5 Å². The van der Waals surface area contributed by atoms with E-state index in [9.17, 15) is 13.2 Å². The Hall–Kier alpha value is -2.26. The third kappa shape index (κ3) is 3.02. The molecule has 1 aliphatic carbocycles. The number of aromatic nitrogens is 3. The van der Waals surface area contributed by atoms with Crippen LogP contribution in [0.2, 0.25) is 0 Å². The minimum Gasteiger partial charge on any atom is -0.365 e. The van der Waals surface area contributed by atoms with Gasteiger partial charge in [0.15, 0.2) is 5.82 Å². The van der Waals surface area contributed by atoms with Crippen molar-refractivity contribution in [3.63, 3.8) is 0 Å². The smallest absolute Gasteiger partial charge is 0.365 e. The summed E-state index contributed by atoms with van der Waals surface area (Å²) in [5, 5.41) is 18.0. The highest BCUT2D eigenvalue weighted by Crippen LogP contribution is 2.41. The van der Waals surface area contributed by atoms with Gasteiger partial charge in [-0.1, -0.05) is 0 Å². The molecule has 2 N–H and O–H groups in total. The van der Waals surface area contributed by atoms with Crippen LogP contribution in [0.1, 0.15) is 18.4 Å². The van der Waals surface area contributed by atoms with E-state index in [1.165, 1.54) is 17.5 Å². The second-order valence-corrected chi connectivity index (χ2v) is 8.39. The predicted octanol–water partition coefficient (Wildman–Crippen LogP) is 4.18. The normalized spacial score (nSPS) is 24.6. The molecule has 5 rings (SSSR count). The number of hydrogen-bond donors (Lipinski definition) is 2. The zero-order valence-electron chi connectivity index (χ0n) is 14.8. The lowest BCUT2D eigenvalue weighted by atomic mass is 10.0. The van der Waals surface area contributed by atoms with Gasteiger partial charge in [-0.3, -0.25) is 4.98 Å². The maximum Gasteiger partial charge on any atom is 0.417 e. The molecular formula is C19H18F3N5S. The molecule has 0 spiro atoms. The van der Waals surface area contributed by atoms with Gasteiger partial charge in [0.1, 0.15) is 5.69 Å². The Morgan fingerprint density at radius 3 is 2.64 bits per heavy atom. The number of anilines is 1. The van der Waals surface area contributed by atoms with Gasteiger partial charge >= 0.3 is 6.18 Å². The van der Waals surface area contributed by atoms with Crippen LogP contribution in [0, 0.1) is 11.8 Å². The Morgan fingerprint density at radius 1 is 1.11 bits per heavy atom. The van der Waals surface area contributed by atoms with Crippen LogP contribution in [0.15, 0.2) is 29.9 Å². The van der Waals surface area contributed by atoms with Crippen molar-refractivity contribution in [2.24, 2.45) is 11.8 Å². The number of fused-ring (bicyclic) bond motifs is 2. The third-order valence-electron chi connectivity index (χ3n) is 5.76. The average molecular weight is 405 g/mol. The molecular weight excluding hydrogens is 387 g/mol. The van der Waals surface area contributed by atoms with E-state index in [-0.39, 0.29) is 11.3 Å². The minimum atomic E-state index is -4.48. The highest BCUT2D eigenvalue weighted by atomic mass is 32.1. The summed E-state index contributed by atoms with van der Waals surface area (Å²) in [6, 6.07) is 3.19. The first kappa shape index (κ1) is 17.8. The van der Waals surface area contributed by atoms with Crippen molar-refractivity contribution in [2.45, 2.75) is 25.1 Å². The summed E-state index contributed by atoms with van der Waals surface area (Å²) in [6.45, 7) is 2.12. The lowest BCUT2D eigenvalue weighted by Crippen LogP contribution is -2.21. The first-order chi connectivity index (χ1) is 13.5. The molecule has 2 fully saturated rings. The van der Waals surface area contributed by atoms with Crippen molar-refractivity contribution in [3.8, 4) is 11.3 Å². The molecule has 4 heterocycles. The Balaban J connectivity index is 1.51. The van der Waals surface area contributed by atoms with Gasteiger partial charge in [-0.15, -0.1) is 21.5 Å². The molecule has 146 valence electrons. The van der Waals surface area contributed by atoms with E-state index in [0.717, 1.165) is 43.6 Å². The molecule has 0 aromatic carbocycles. The van der Waals surface area contributed by atoms with E-state index in [2.05, 4.69) is 25.8 Å². The Kier molecular flexibility index (Phi) is 4.24. The number of hydrogen-bond acceptors (Lipinski definition) is 6. The number of thiophene rings is 1. The van der Waals surface area contributed by atoms with Crippen molar-refractivity contribution in [1.29, 1.82) is 0 Å². The number of pyridine rings is 1. The van der Waals surface area contributed by atoms with Crippen LogP contribution in [-0.2, 0) is 6.18 Å². The lowest BCUT2D eigenvalue weighted by molar-refractivity contribution is -0.137. The molecule has 3 atom stereocenters. The van der Waals surface area contributed by atoms with Crippen molar-refractivity contribution < 1.29 is 13.2 Å². The van der Waals surface area contributed by atoms with E-state index in [0.29, 0.717) is 28.4 Å². The second kappa shape index (κ2) is 6.66. The maximum atomic E-state index is 13.4. The molecule has 9 heteroatoms. The van der Waals surface area contributed by atoms with Crippen LogP contribution in [0.5, 0.6) is 0 Å². The van der Waals surface area contributed by atoms with Gasteiger partial charge in [0.05, 0.1) is 10.3 Å². The fourth-order valence-corrected chi connectivity index (χ4v) is 5.36. The van der Waals surface area contributed by atoms with Gasteiger partial charge in [0, 0.05) is 29.4 Å². The summed E-state index contributed by atoms with van der Waals surface area (Å²) in [7, 11) is 0. The quantitative estimate of drug-likeness (QED) is 0.685. The summed E-state index contributed by atoms with van der Waals surface area (Å²) in [5.74, 6) is 2.02. The van der Waals surface area contributed by atoms with Crippen molar-refractivity contribution in [2.75, 3.05) is 18.4 Å². The summed E-state index contributed by atoms with van der Waals surface area (Å²) >= 11 is 1.37. The largest absolute Gasteiger partial charge is 0.417 e. The van der Waals surface area contributed by atoms with Gasteiger partial charge in [0.25, 0.3) is 0 Å². The van der Waals surface area contributed by atoms with Crippen molar-refractivity contribution >= 4 is 27.2 Å². The average Bonchev–Trinajstić information content (AvgIpc) is 3.37. The van der Waals surface area contributed by atoms with E-state index in [1.54, 1.807) is 0 Å². The highest BCUT2D eigenvalue weighted by Gasteiger charge is 2.38. The summed E-state index contributed by atoms with van der Waals surface area (Å²) in [5.41, 5.74) is -0.560. The Bertz CT molecular complexity index is 1010. The van der Waals surface area contributed by atoms with E-state index in [1.807, 2.05) is 11.4 Å². The molecule has 1 unspecified atom stereocenters. The van der Waals surface area contributed by atoms with Crippen molar-refractivity contribution in [3.05, 3.63) is 35.5 Å². The molecule has 0 bridgehead atoms. The van der Waals surface area contributed by atoms with E-state index >= 15 is 0 Å². The number of alkyl halides is 3.